The molecule has 1 unspecified atom stereocenters. The van der Waals surface area contributed by atoms with Crippen LogP contribution in [0.4, 0.5) is 5.69 Å². The third kappa shape index (κ3) is 3.48. The van der Waals surface area contributed by atoms with Crippen LogP contribution in [-0.4, -0.2) is 25.0 Å². The highest BCUT2D eigenvalue weighted by Gasteiger charge is 2.31. The van der Waals surface area contributed by atoms with Gasteiger partial charge in [-0.05, 0) is 36.8 Å². The zero-order valence-corrected chi connectivity index (χ0v) is 17.2. The maximum atomic E-state index is 12.9. The van der Waals surface area contributed by atoms with Crippen molar-refractivity contribution in [1.82, 2.24) is 19.1 Å². The zero-order valence-electron chi connectivity index (χ0n) is 15.5. The van der Waals surface area contributed by atoms with Crippen molar-refractivity contribution < 1.29 is 9.08 Å². The summed E-state index contributed by atoms with van der Waals surface area (Å²) in [5.41, 5.74) is 13.5. The second-order valence-corrected chi connectivity index (χ2v) is 8.67. The first-order valence-corrected chi connectivity index (χ1v) is 10.6. The minimum absolute atomic E-state index is 0.110. The van der Waals surface area contributed by atoms with E-state index in [1.807, 2.05) is 35.4 Å². The molecule has 29 heavy (non-hydrogen) atoms. The van der Waals surface area contributed by atoms with E-state index in [1.165, 1.54) is 24.0 Å². The van der Waals surface area contributed by atoms with Gasteiger partial charge in [-0.1, -0.05) is 6.07 Å². The maximum absolute atomic E-state index is 12.9. The Morgan fingerprint density at radius 3 is 3.10 bits per heavy atom. The molecule has 3 aromatic rings. The van der Waals surface area contributed by atoms with Crippen LogP contribution in [0.2, 0.25) is 0 Å². The van der Waals surface area contributed by atoms with Gasteiger partial charge in [0.05, 0.1) is 34.9 Å². The summed E-state index contributed by atoms with van der Waals surface area (Å²) in [6.07, 6.45) is 3.68. The normalized spacial score (nSPS) is 15.7. The van der Waals surface area contributed by atoms with E-state index < -0.39 is 6.04 Å². The third-order valence-electron chi connectivity index (χ3n) is 4.95. The largest absolute Gasteiger partial charge is 0.331 e. The van der Waals surface area contributed by atoms with Crippen molar-refractivity contribution in [2.75, 3.05) is 5.48 Å². The molecule has 0 aliphatic carbocycles. The van der Waals surface area contributed by atoms with Crippen LogP contribution in [0.15, 0.2) is 52.5 Å². The number of hydrogen-bond acceptors (Lipinski definition) is 8. The van der Waals surface area contributed by atoms with Gasteiger partial charge in [0.1, 0.15) is 6.04 Å². The van der Waals surface area contributed by atoms with Gasteiger partial charge in [-0.15, -0.1) is 0 Å². The van der Waals surface area contributed by atoms with E-state index in [0.717, 1.165) is 38.0 Å². The van der Waals surface area contributed by atoms with Crippen molar-refractivity contribution in [1.29, 1.82) is 0 Å². The predicted molar refractivity (Wildman–Crippen MR) is 111 cm³/mol. The fourth-order valence-corrected chi connectivity index (χ4v) is 4.92. The van der Waals surface area contributed by atoms with Crippen LogP contribution in [-0.2, 0) is 22.2 Å². The molecular formula is C19H18N6O2S2. The van der Waals surface area contributed by atoms with Crippen molar-refractivity contribution in [3.8, 4) is 0 Å². The topological polar surface area (TPSA) is 98.3 Å². The molecule has 4 heterocycles. The maximum Gasteiger partial charge on any atom is 0.244 e. The van der Waals surface area contributed by atoms with E-state index in [9.17, 15) is 4.79 Å². The number of anilines is 1. The molecule has 10 heteroatoms. The molecule has 0 saturated heterocycles. The molecule has 1 amide bonds. The van der Waals surface area contributed by atoms with E-state index >= 15 is 0 Å². The predicted octanol–water partition coefficient (Wildman–Crippen LogP) is 3.05. The molecule has 5 rings (SSSR count). The third-order valence-corrected chi connectivity index (χ3v) is 6.48. The lowest BCUT2D eigenvalue weighted by molar-refractivity contribution is -0.133. The van der Waals surface area contributed by atoms with Crippen molar-refractivity contribution >= 4 is 35.6 Å². The van der Waals surface area contributed by atoms with Gasteiger partial charge >= 0.3 is 0 Å². The molecule has 1 aromatic carbocycles. The van der Waals surface area contributed by atoms with Gasteiger partial charge in [0, 0.05) is 47.0 Å². The first-order chi connectivity index (χ1) is 14.1. The van der Waals surface area contributed by atoms with Gasteiger partial charge in [-0.3, -0.25) is 15.3 Å². The standard InChI is InChI=1S/C19H18N6O2S2/c1-11-14(3-2-6-21-11)18(20)19(26)24-8-12-9-25(22-16(12)10-24)28-13-4-5-15-17(7-13)29-27-23-15/h2-7,9,18,23H,8,10,20H2,1H3. The van der Waals surface area contributed by atoms with Gasteiger partial charge in [0.15, 0.2) is 0 Å². The molecule has 2 aliphatic heterocycles. The summed E-state index contributed by atoms with van der Waals surface area (Å²) >= 11 is 2.83. The molecule has 148 valence electrons. The van der Waals surface area contributed by atoms with E-state index in [0.29, 0.717) is 13.1 Å². The summed E-state index contributed by atoms with van der Waals surface area (Å²) in [5, 5.41) is 4.64. The van der Waals surface area contributed by atoms with Crippen LogP contribution >= 0.6 is 24.0 Å². The molecule has 3 N–H and O–H groups in total. The van der Waals surface area contributed by atoms with Gasteiger partial charge < -0.3 is 10.6 Å². The number of benzene rings is 1. The molecule has 1 atom stereocenters. The molecule has 0 fully saturated rings. The van der Waals surface area contributed by atoms with Crippen LogP contribution in [0.25, 0.3) is 0 Å². The second-order valence-electron chi connectivity index (χ2n) is 6.87. The number of nitrogens with two attached hydrogens (primary N) is 1. The second kappa shape index (κ2) is 7.38. The SMILES string of the molecule is Cc1ncccc1C(N)C(=O)N1Cc2cn(Sc3ccc4c(c3)SON4)nc2C1. The molecule has 8 nitrogen and oxygen atoms in total. The Labute approximate surface area is 176 Å². The lowest BCUT2D eigenvalue weighted by atomic mass is 10.1. The number of rotatable bonds is 4. The first kappa shape index (κ1) is 18.5. The van der Waals surface area contributed by atoms with Crippen LogP contribution in [0.3, 0.4) is 0 Å². The van der Waals surface area contributed by atoms with Gasteiger partial charge in [-0.2, -0.15) is 9.38 Å². The van der Waals surface area contributed by atoms with Gasteiger partial charge in [0.25, 0.3) is 0 Å². The van der Waals surface area contributed by atoms with Crippen molar-refractivity contribution in [3.63, 3.8) is 0 Å². The minimum Gasteiger partial charge on any atom is -0.331 e. The summed E-state index contributed by atoms with van der Waals surface area (Å²) in [6, 6.07) is 9.00. The van der Waals surface area contributed by atoms with E-state index in [4.69, 9.17) is 10.0 Å². The van der Waals surface area contributed by atoms with Gasteiger partial charge in [0.2, 0.25) is 5.91 Å². The van der Waals surface area contributed by atoms with Crippen LogP contribution < -0.4 is 11.2 Å². The summed E-state index contributed by atoms with van der Waals surface area (Å²) < 4.78 is 6.99. The highest BCUT2D eigenvalue weighted by Crippen LogP contribution is 2.38. The number of nitrogens with one attached hydrogen (secondary N) is 1. The fraction of sp³-hybridized carbons (Fsp3) is 0.211. The minimum atomic E-state index is -0.714. The molecular weight excluding hydrogens is 408 g/mol. The lowest BCUT2D eigenvalue weighted by Crippen LogP contribution is -2.35. The Morgan fingerprint density at radius 2 is 2.28 bits per heavy atom. The highest BCUT2D eigenvalue weighted by atomic mass is 32.2. The molecule has 2 aromatic heterocycles. The van der Waals surface area contributed by atoms with Crippen molar-refractivity contribution in [2.45, 2.75) is 35.8 Å². The van der Waals surface area contributed by atoms with Crippen LogP contribution in [0.5, 0.6) is 0 Å². The highest BCUT2D eigenvalue weighted by molar-refractivity contribution is 7.98. The Hall–Kier alpha value is -2.53. The number of aryl methyl sites for hydroxylation is 1. The van der Waals surface area contributed by atoms with Crippen LogP contribution in [0.1, 0.15) is 28.6 Å². The molecule has 2 aliphatic rings. The number of carbonyl (C=O) groups is 1. The fourth-order valence-electron chi connectivity index (χ4n) is 3.42. The lowest BCUT2D eigenvalue weighted by Gasteiger charge is -2.21. The quantitative estimate of drug-likeness (QED) is 0.615. The number of aromatic nitrogens is 3. The summed E-state index contributed by atoms with van der Waals surface area (Å²) in [6.45, 7) is 2.84. The Bertz CT molecular complexity index is 1080. The average molecular weight is 427 g/mol. The Morgan fingerprint density at radius 1 is 1.38 bits per heavy atom. The number of fused-ring (bicyclic) bond motifs is 2. The van der Waals surface area contributed by atoms with Crippen molar-refractivity contribution in [2.24, 2.45) is 5.73 Å². The number of nitrogens with zero attached hydrogens (tertiary/aromatic N) is 4. The summed E-state index contributed by atoms with van der Waals surface area (Å²) in [4.78, 5) is 20.9. The van der Waals surface area contributed by atoms with Crippen LogP contribution in [0, 0.1) is 6.92 Å². The zero-order chi connectivity index (χ0) is 20.0. The molecule has 0 radical (unpaired) electrons. The summed E-state index contributed by atoms with van der Waals surface area (Å²) in [5.74, 6) is -0.110. The number of carbonyl (C=O) groups excluding carboxylic acids is 1. The van der Waals surface area contributed by atoms with E-state index in [1.54, 1.807) is 17.2 Å². The summed E-state index contributed by atoms with van der Waals surface area (Å²) in [7, 11) is 0. The molecule has 0 saturated carbocycles. The number of amides is 1. The Kier molecular flexibility index (Phi) is 4.70. The smallest absolute Gasteiger partial charge is 0.244 e. The molecule has 0 bridgehead atoms. The van der Waals surface area contributed by atoms with Crippen molar-refractivity contribution in [3.05, 3.63) is 65.2 Å². The average Bonchev–Trinajstić information content (AvgIpc) is 3.41. The van der Waals surface area contributed by atoms with E-state index in [-0.39, 0.29) is 5.91 Å². The number of pyridine rings is 1. The monoisotopic (exact) mass is 426 g/mol. The molecule has 0 spiro atoms. The van der Waals surface area contributed by atoms with E-state index in [2.05, 4.69) is 21.6 Å². The Balaban J connectivity index is 1.27. The van der Waals surface area contributed by atoms with Gasteiger partial charge in [-0.25, -0.2) is 4.09 Å². The first-order valence-electron chi connectivity index (χ1n) is 9.04. The number of hydrogen-bond donors (Lipinski definition) is 2.